The Bertz CT molecular complexity index is 657. The van der Waals surface area contributed by atoms with Crippen LogP contribution in [0.1, 0.15) is 24.8 Å². The Morgan fingerprint density at radius 3 is 2.64 bits per heavy atom. The van der Waals surface area contributed by atoms with Crippen LogP contribution in [-0.2, 0) is 16.0 Å². The Morgan fingerprint density at radius 2 is 2.00 bits per heavy atom. The van der Waals surface area contributed by atoms with Crippen LogP contribution in [0.25, 0.3) is 0 Å². The Balaban J connectivity index is 1.82. The van der Waals surface area contributed by atoms with E-state index in [4.69, 9.17) is 5.11 Å². The van der Waals surface area contributed by atoms with Gasteiger partial charge in [0.1, 0.15) is 0 Å². The van der Waals surface area contributed by atoms with Crippen LogP contribution < -0.4 is 4.90 Å². The van der Waals surface area contributed by atoms with E-state index in [0.717, 1.165) is 0 Å². The highest BCUT2D eigenvalue weighted by molar-refractivity contribution is 5.98. The molecule has 0 aromatic heterocycles. The summed E-state index contributed by atoms with van der Waals surface area (Å²) in [5, 5.41) is 20.1. The molecule has 1 fully saturated rings. The maximum Gasteiger partial charge on any atom is 0.306 e. The average molecular weight is 304 g/mol. The molecule has 1 heterocycles. The highest BCUT2D eigenvalue weighted by Gasteiger charge is 2.39. The van der Waals surface area contributed by atoms with Crippen molar-refractivity contribution in [3.8, 4) is 0 Å². The summed E-state index contributed by atoms with van der Waals surface area (Å²) in [4.78, 5) is 35.8. The molecule has 1 N–H and O–H groups in total. The third-order valence-corrected chi connectivity index (χ3v) is 4.60. The van der Waals surface area contributed by atoms with Gasteiger partial charge >= 0.3 is 5.97 Å². The lowest BCUT2D eigenvalue weighted by molar-refractivity contribution is -0.385. The average Bonchev–Trinajstić information content (AvgIpc) is 3.13. The molecule has 0 spiro atoms. The van der Waals surface area contributed by atoms with Gasteiger partial charge in [0.05, 0.1) is 22.1 Å². The zero-order valence-corrected chi connectivity index (χ0v) is 11.9. The Morgan fingerprint density at radius 1 is 1.27 bits per heavy atom. The standard InChI is InChI=1S/C15H16N2O5/c18-14(9-4-5-10(8-9)15(19)20)16-7-6-11-12(16)2-1-3-13(11)17(21)22/h1-3,9-10H,4-8H2,(H,19,20)/t9-,10+/m0/s1. The number of nitro benzene ring substituents is 1. The van der Waals surface area contributed by atoms with Crippen molar-refractivity contribution >= 4 is 23.3 Å². The van der Waals surface area contributed by atoms with E-state index in [1.807, 2.05) is 0 Å². The molecule has 2 atom stereocenters. The number of hydrogen-bond acceptors (Lipinski definition) is 4. The quantitative estimate of drug-likeness (QED) is 0.679. The van der Waals surface area contributed by atoms with Crippen LogP contribution in [0.3, 0.4) is 0 Å². The molecular formula is C15H16N2O5. The van der Waals surface area contributed by atoms with Crippen molar-refractivity contribution < 1.29 is 19.6 Å². The molecule has 1 aromatic rings. The van der Waals surface area contributed by atoms with Crippen molar-refractivity contribution in [3.05, 3.63) is 33.9 Å². The number of nitro groups is 1. The number of rotatable bonds is 3. The number of nitrogens with zero attached hydrogens (tertiary/aromatic N) is 2. The van der Waals surface area contributed by atoms with Crippen LogP contribution in [0, 0.1) is 22.0 Å². The van der Waals surface area contributed by atoms with E-state index in [2.05, 4.69) is 0 Å². The number of carbonyl (C=O) groups excluding carboxylic acids is 1. The lowest BCUT2D eigenvalue weighted by Gasteiger charge is -2.21. The highest BCUT2D eigenvalue weighted by atomic mass is 16.6. The molecule has 0 unspecified atom stereocenters. The number of benzene rings is 1. The highest BCUT2D eigenvalue weighted by Crippen LogP contribution is 2.38. The van der Waals surface area contributed by atoms with Crippen molar-refractivity contribution in [2.45, 2.75) is 25.7 Å². The molecule has 0 saturated heterocycles. The van der Waals surface area contributed by atoms with Crippen molar-refractivity contribution in [2.75, 3.05) is 11.4 Å². The van der Waals surface area contributed by atoms with Crippen LogP contribution >= 0.6 is 0 Å². The van der Waals surface area contributed by atoms with Gasteiger partial charge in [0.25, 0.3) is 5.69 Å². The maximum atomic E-state index is 12.6. The molecule has 1 aliphatic carbocycles. The molecular weight excluding hydrogens is 288 g/mol. The lowest BCUT2D eigenvalue weighted by Crippen LogP contribution is -2.34. The number of carboxylic acid groups (broad SMARTS) is 1. The van der Waals surface area contributed by atoms with Gasteiger partial charge in [-0.2, -0.15) is 0 Å². The number of carbonyl (C=O) groups is 2. The summed E-state index contributed by atoms with van der Waals surface area (Å²) in [5.41, 5.74) is 1.23. The van der Waals surface area contributed by atoms with Crippen molar-refractivity contribution in [1.82, 2.24) is 0 Å². The molecule has 0 radical (unpaired) electrons. The van der Waals surface area contributed by atoms with E-state index in [9.17, 15) is 19.7 Å². The van der Waals surface area contributed by atoms with Gasteiger partial charge in [0, 0.05) is 18.5 Å². The second-order valence-electron chi connectivity index (χ2n) is 5.82. The largest absolute Gasteiger partial charge is 0.481 e. The van der Waals surface area contributed by atoms with Crippen molar-refractivity contribution in [1.29, 1.82) is 0 Å². The fourth-order valence-corrected chi connectivity index (χ4v) is 3.47. The molecule has 7 nitrogen and oxygen atoms in total. The van der Waals surface area contributed by atoms with E-state index < -0.39 is 16.8 Å². The summed E-state index contributed by atoms with van der Waals surface area (Å²) in [5.74, 6) is -1.72. The third kappa shape index (κ3) is 2.32. The molecule has 22 heavy (non-hydrogen) atoms. The molecule has 1 saturated carbocycles. The van der Waals surface area contributed by atoms with Crippen LogP contribution in [0.4, 0.5) is 11.4 Å². The minimum Gasteiger partial charge on any atom is -0.481 e. The predicted octanol–water partition coefficient (Wildman–Crippen LogP) is 1.98. The molecule has 2 aliphatic rings. The van der Waals surface area contributed by atoms with Crippen LogP contribution in [0.15, 0.2) is 18.2 Å². The Kier molecular flexibility index (Phi) is 3.56. The third-order valence-electron chi connectivity index (χ3n) is 4.60. The van der Waals surface area contributed by atoms with Gasteiger partial charge in [-0.25, -0.2) is 0 Å². The van der Waals surface area contributed by atoms with E-state index in [1.165, 1.54) is 6.07 Å². The molecule has 3 rings (SSSR count). The molecule has 7 heteroatoms. The number of fused-ring (bicyclic) bond motifs is 1. The van der Waals surface area contributed by atoms with Gasteiger partial charge in [0.15, 0.2) is 0 Å². The van der Waals surface area contributed by atoms with Gasteiger partial charge < -0.3 is 10.0 Å². The number of anilines is 1. The minimum absolute atomic E-state index is 0.0441. The smallest absolute Gasteiger partial charge is 0.306 e. The summed E-state index contributed by atoms with van der Waals surface area (Å²) in [6, 6.07) is 4.75. The van der Waals surface area contributed by atoms with E-state index >= 15 is 0 Å². The van der Waals surface area contributed by atoms with Crippen LogP contribution in [0.2, 0.25) is 0 Å². The number of amides is 1. The molecule has 1 aliphatic heterocycles. The molecule has 0 bridgehead atoms. The van der Waals surface area contributed by atoms with E-state index in [-0.39, 0.29) is 17.5 Å². The minimum atomic E-state index is -0.854. The van der Waals surface area contributed by atoms with Crippen molar-refractivity contribution in [2.24, 2.45) is 11.8 Å². The number of hydrogen-bond donors (Lipinski definition) is 1. The Labute approximate surface area is 126 Å². The predicted molar refractivity (Wildman–Crippen MR) is 77.6 cm³/mol. The first-order valence-electron chi connectivity index (χ1n) is 7.29. The fraction of sp³-hybridized carbons (Fsp3) is 0.467. The molecule has 1 aromatic carbocycles. The molecule has 116 valence electrons. The van der Waals surface area contributed by atoms with Crippen LogP contribution in [-0.4, -0.2) is 28.5 Å². The summed E-state index contributed by atoms with van der Waals surface area (Å²) >= 11 is 0. The first-order chi connectivity index (χ1) is 10.5. The summed E-state index contributed by atoms with van der Waals surface area (Å²) in [6.07, 6.45) is 1.90. The van der Waals surface area contributed by atoms with Gasteiger partial charge in [-0.3, -0.25) is 19.7 Å². The second kappa shape index (κ2) is 5.40. The van der Waals surface area contributed by atoms with Crippen LogP contribution in [0.5, 0.6) is 0 Å². The molecule has 1 amide bonds. The van der Waals surface area contributed by atoms with E-state index in [1.54, 1.807) is 17.0 Å². The zero-order chi connectivity index (χ0) is 15.9. The van der Waals surface area contributed by atoms with E-state index in [0.29, 0.717) is 43.5 Å². The van der Waals surface area contributed by atoms with Crippen molar-refractivity contribution in [3.63, 3.8) is 0 Å². The fourth-order valence-electron chi connectivity index (χ4n) is 3.47. The van der Waals surface area contributed by atoms with Gasteiger partial charge in [0.2, 0.25) is 5.91 Å². The van der Waals surface area contributed by atoms with Gasteiger partial charge in [-0.15, -0.1) is 0 Å². The zero-order valence-electron chi connectivity index (χ0n) is 11.9. The normalized spacial score (nSPS) is 23.4. The topological polar surface area (TPSA) is 101 Å². The van der Waals surface area contributed by atoms with Gasteiger partial charge in [-0.05, 0) is 31.7 Å². The first kappa shape index (κ1) is 14.5. The number of aliphatic carboxylic acids is 1. The monoisotopic (exact) mass is 304 g/mol. The summed E-state index contributed by atoms with van der Waals surface area (Å²) < 4.78 is 0. The second-order valence-corrected chi connectivity index (χ2v) is 5.82. The summed E-state index contributed by atoms with van der Waals surface area (Å²) in [6.45, 7) is 0.424. The lowest BCUT2D eigenvalue weighted by atomic mass is 10.0. The SMILES string of the molecule is O=C(O)[C@@H]1CC[C@H](C(=O)N2CCc3c2cccc3[N+](=O)[O-])C1. The first-order valence-corrected chi connectivity index (χ1v) is 7.29. The number of carboxylic acids is 1. The summed E-state index contributed by atoms with van der Waals surface area (Å²) in [7, 11) is 0. The Hall–Kier alpha value is -2.44. The van der Waals surface area contributed by atoms with Gasteiger partial charge in [-0.1, -0.05) is 6.07 Å². The maximum absolute atomic E-state index is 12.6.